The fourth-order valence-corrected chi connectivity index (χ4v) is 2.70. The van der Waals surface area contributed by atoms with Crippen LogP contribution in [0.25, 0.3) is 0 Å². The second-order valence-electron chi connectivity index (χ2n) is 3.74. The zero-order chi connectivity index (χ0) is 13.8. The topological polar surface area (TPSA) is 97.8 Å². The maximum atomic E-state index is 11.0. The molecule has 1 unspecified atom stereocenters. The van der Waals surface area contributed by atoms with Crippen LogP contribution in [0, 0.1) is 0 Å². The van der Waals surface area contributed by atoms with Crippen LogP contribution in [0.1, 0.15) is 5.56 Å². The number of halogens is 2. The second-order valence-corrected chi connectivity index (χ2v) is 5.51. The van der Waals surface area contributed by atoms with Gasteiger partial charge >= 0.3 is 6.03 Å². The van der Waals surface area contributed by atoms with Crippen molar-refractivity contribution in [2.75, 3.05) is 6.54 Å². The van der Waals surface area contributed by atoms with Crippen LogP contribution in [0.3, 0.4) is 0 Å². The molecule has 0 saturated carbocycles. The summed E-state index contributed by atoms with van der Waals surface area (Å²) in [5.41, 5.74) is 8.40. The number of hydrogen-bond acceptors (Lipinski definition) is 5. The number of hydrazine groups is 1. The van der Waals surface area contributed by atoms with Crippen LogP contribution in [0.2, 0.25) is 0 Å². The lowest BCUT2D eigenvalue weighted by atomic mass is 10.2. The Labute approximate surface area is 126 Å². The van der Waals surface area contributed by atoms with Crippen molar-refractivity contribution in [2.24, 2.45) is 5.10 Å². The summed E-state index contributed by atoms with van der Waals surface area (Å²) >= 11 is 6.56. The van der Waals surface area contributed by atoms with E-state index >= 15 is 0 Å². The number of phenols is 1. The number of hydrazone groups is 1. The van der Waals surface area contributed by atoms with E-state index in [9.17, 15) is 9.90 Å². The maximum Gasteiger partial charge on any atom is 0.330 e. The molecule has 1 aromatic carbocycles. The normalized spacial score (nSPS) is 19.1. The number of phenolic OH excluding ortho intramolecular Hbond substituents is 1. The molecule has 0 aromatic heterocycles. The number of nitrogens with zero attached hydrogens (tertiary/aromatic N) is 1. The first-order valence-corrected chi connectivity index (χ1v) is 6.91. The Bertz CT molecular complexity index is 523. The van der Waals surface area contributed by atoms with Gasteiger partial charge in [0.15, 0.2) is 0 Å². The third-order valence-corrected chi connectivity index (χ3v) is 3.37. The van der Waals surface area contributed by atoms with Gasteiger partial charge in [0.25, 0.3) is 0 Å². The molecule has 0 spiro atoms. The lowest BCUT2D eigenvalue weighted by molar-refractivity contribution is 0.217. The molecule has 2 rings (SSSR count). The highest BCUT2D eigenvalue weighted by atomic mass is 79.9. The van der Waals surface area contributed by atoms with E-state index in [4.69, 9.17) is 0 Å². The predicted octanol–water partition coefficient (Wildman–Crippen LogP) is 0.984. The van der Waals surface area contributed by atoms with Crippen LogP contribution in [-0.2, 0) is 0 Å². The van der Waals surface area contributed by atoms with Crippen LogP contribution in [-0.4, -0.2) is 30.1 Å². The lowest BCUT2D eigenvalue weighted by Crippen LogP contribution is -2.62. The first-order chi connectivity index (χ1) is 9.06. The molecule has 0 aliphatic carbocycles. The lowest BCUT2D eigenvalue weighted by Gasteiger charge is -2.24. The van der Waals surface area contributed by atoms with Gasteiger partial charge in [-0.25, -0.2) is 10.2 Å². The Morgan fingerprint density at radius 1 is 1.47 bits per heavy atom. The Morgan fingerprint density at radius 2 is 2.26 bits per heavy atom. The van der Waals surface area contributed by atoms with E-state index in [2.05, 4.69) is 58.6 Å². The van der Waals surface area contributed by atoms with E-state index in [1.165, 1.54) is 6.21 Å². The number of rotatable bonds is 3. The number of nitrogens with one attached hydrogen (secondary N) is 4. The third-order valence-electron chi connectivity index (χ3n) is 2.31. The van der Waals surface area contributed by atoms with Crippen molar-refractivity contribution < 1.29 is 9.90 Å². The Morgan fingerprint density at radius 3 is 3.00 bits per heavy atom. The molecule has 102 valence electrons. The SMILES string of the molecule is O=C1NNCC(N/N=C/c2cc(Br)cc(Br)c2O)N1. The minimum absolute atomic E-state index is 0.0984. The first-order valence-electron chi connectivity index (χ1n) is 5.32. The summed E-state index contributed by atoms with van der Waals surface area (Å²) in [5, 5.41) is 16.4. The van der Waals surface area contributed by atoms with Gasteiger partial charge in [0.05, 0.1) is 17.2 Å². The highest BCUT2D eigenvalue weighted by Crippen LogP contribution is 2.30. The first kappa shape index (κ1) is 14.1. The van der Waals surface area contributed by atoms with Gasteiger partial charge < -0.3 is 10.4 Å². The van der Waals surface area contributed by atoms with Gasteiger partial charge in [-0.3, -0.25) is 10.9 Å². The molecule has 1 aliphatic rings. The van der Waals surface area contributed by atoms with Gasteiger partial charge in [-0.1, -0.05) is 15.9 Å². The third kappa shape index (κ3) is 3.82. The van der Waals surface area contributed by atoms with E-state index in [0.717, 1.165) is 4.47 Å². The average Bonchev–Trinajstić information content (AvgIpc) is 2.35. The number of urea groups is 1. The summed E-state index contributed by atoms with van der Waals surface area (Å²) in [6.45, 7) is 0.483. The monoisotopic (exact) mass is 391 g/mol. The standard InChI is InChI=1S/C10H11Br2N5O2/c11-6-1-5(9(18)7(12)2-6)3-13-16-8-4-14-17-10(19)15-8/h1-3,8,14,16,18H,4H2,(H2,15,17,19)/b13-3+. The smallest absolute Gasteiger partial charge is 0.330 e. The summed E-state index contributed by atoms with van der Waals surface area (Å²) in [6, 6.07) is 3.13. The summed E-state index contributed by atoms with van der Waals surface area (Å²) in [6.07, 6.45) is 1.15. The Balaban J connectivity index is 2.01. The number of carbonyl (C=O) groups excluding carboxylic acids is 1. The quantitative estimate of drug-likeness (QED) is 0.391. The van der Waals surface area contributed by atoms with Gasteiger partial charge in [0.2, 0.25) is 0 Å². The van der Waals surface area contributed by atoms with Crippen molar-refractivity contribution in [1.29, 1.82) is 0 Å². The summed E-state index contributed by atoms with van der Waals surface area (Å²) in [7, 11) is 0. The molecule has 1 saturated heterocycles. The average molecular weight is 393 g/mol. The van der Waals surface area contributed by atoms with Crippen molar-refractivity contribution >= 4 is 44.1 Å². The van der Waals surface area contributed by atoms with Crippen LogP contribution >= 0.6 is 31.9 Å². The van der Waals surface area contributed by atoms with Gasteiger partial charge in [-0.15, -0.1) is 0 Å². The van der Waals surface area contributed by atoms with Crippen molar-refractivity contribution in [1.82, 2.24) is 21.6 Å². The van der Waals surface area contributed by atoms with E-state index in [0.29, 0.717) is 16.6 Å². The molecule has 0 bridgehead atoms. The number of hydrogen-bond donors (Lipinski definition) is 5. The second kappa shape index (κ2) is 6.22. The number of aromatic hydroxyl groups is 1. The van der Waals surface area contributed by atoms with Crippen LogP contribution in [0.5, 0.6) is 5.75 Å². The van der Waals surface area contributed by atoms with E-state index in [1.807, 2.05) is 0 Å². The number of amides is 2. The molecule has 2 amide bonds. The number of carbonyl (C=O) groups is 1. The zero-order valence-corrected chi connectivity index (χ0v) is 12.7. The number of benzene rings is 1. The van der Waals surface area contributed by atoms with Gasteiger partial charge in [0, 0.05) is 10.0 Å². The van der Waals surface area contributed by atoms with E-state index < -0.39 is 0 Å². The van der Waals surface area contributed by atoms with Crippen molar-refractivity contribution in [3.05, 3.63) is 26.6 Å². The summed E-state index contributed by atoms with van der Waals surface area (Å²) in [5.74, 6) is 0.0984. The predicted molar refractivity (Wildman–Crippen MR) is 77.7 cm³/mol. The minimum Gasteiger partial charge on any atom is -0.506 e. The van der Waals surface area contributed by atoms with Crippen molar-refractivity contribution in [3.63, 3.8) is 0 Å². The highest BCUT2D eigenvalue weighted by Gasteiger charge is 2.15. The highest BCUT2D eigenvalue weighted by molar-refractivity contribution is 9.11. The van der Waals surface area contributed by atoms with Gasteiger partial charge in [0.1, 0.15) is 11.9 Å². The molecular weight excluding hydrogens is 382 g/mol. The van der Waals surface area contributed by atoms with Crippen molar-refractivity contribution in [3.8, 4) is 5.75 Å². The van der Waals surface area contributed by atoms with Gasteiger partial charge in [-0.2, -0.15) is 5.10 Å². The molecule has 1 aliphatic heterocycles. The molecule has 19 heavy (non-hydrogen) atoms. The molecule has 1 aromatic rings. The van der Waals surface area contributed by atoms with Crippen LogP contribution in [0.15, 0.2) is 26.2 Å². The summed E-state index contributed by atoms with van der Waals surface area (Å²) < 4.78 is 1.38. The van der Waals surface area contributed by atoms with E-state index in [1.54, 1.807) is 12.1 Å². The van der Waals surface area contributed by atoms with Gasteiger partial charge in [-0.05, 0) is 28.1 Å². The molecule has 1 heterocycles. The zero-order valence-electron chi connectivity index (χ0n) is 9.58. The van der Waals surface area contributed by atoms with Crippen LogP contribution < -0.4 is 21.6 Å². The Kier molecular flexibility index (Phi) is 4.61. The molecular formula is C10H11Br2N5O2. The molecule has 9 heteroatoms. The molecule has 7 nitrogen and oxygen atoms in total. The van der Waals surface area contributed by atoms with Crippen LogP contribution in [0.4, 0.5) is 4.79 Å². The fourth-order valence-electron chi connectivity index (χ4n) is 1.44. The molecule has 1 atom stereocenters. The Hall–Kier alpha value is -1.32. The molecule has 0 radical (unpaired) electrons. The summed E-state index contributed by atoms with van der Waals surface area (Å²) in [4.78, 5) is 11.0. The molecule has 1 fully saturated rings. The minimum atomic E-state index is -0.327. The van der Waals surface area contributed by atoms with E-state index in [-0.39, 0.29) is 17.9 Å². The molecule has 5 N–H and O–H groups in total. The van der Waals surface area contributed by atoms with Crippen molar-refractivity contribution in [2.45, 2.75) is 6.17 Å². The maximum absolute atomic E-state index is 11.0. The largest absolute Gasteiger partial charge is 0.506 e. The fraction of sp³-hybridized carbons (Fsp3) is 0.200.